The minimum atomic E-state index is -4.42. The Bertz CT molecular complexity index is 449. The first-order valence-electron chi connectivity index (χ1n) is 6.18. The molecule has 19 heavy (non-hydrogen) atoms. The van der Waals surface area contributed by atoms with Crippen LogP contribution in [0.5, 0.6) is 0 Å². The number of fused-ring (bicyclic) bond motifs is 1. The third-order valence-electron chi connectivity index (χ3n) is 3.00. The molecule has 0 saturated heterocycles. The molecule has 0 aliphatic carbocycles. The fraction of sp³-hybridized carbons (Fsp3) is 0.667. The second kappa shape index (κ2) is 5.83. The van der Waals surface area contributed by atoms with Gasteiger partial charge >= 0.3 is 6.18 Å². The lowest BCUT2D eigenvalue weighted by molar-refractivity contribution is -0.142. The van der Waals surface area contributed by atoms with Gasteiger partial charge in [-0.05, 0) is 19.4 Å². The molecule has 0 fully saturated rings. The summed E-state index contributed by atoms with van der Waals surface area (Å²) in [6, 6.07) is 0. The van der Waals surface area contributed by atoms with E-state index in [1.807, 2.05) is 0 Å². The van der Waals surface area contributed by atoms with Crippen LogP contribution in [0.2, 0.25) is 0 Å². The molecule has 2 rings (SSSR count). The number of ether oxygens (including phenoxy) is 1. The van der Waals surface area contributed by atoms with E-state index in [0.717, 1.165) is 0 Å². The maximum absolute atomic E-state index is 13.0. The highest BCUT2D eigenvalue weighted by Crippen LogP contribution is 2.32. The third-order valence-corrected chi connectivity index (χ3v) is 3.00. The minimum Gasteiger partial charge on any atom is -0.385 e. The summed E-state index contributed by atoms with van der Waals surface area (Å²) in [4.78, 5) is 7.94. The van der Waals surface area contributed by atoms with E-state index in [1.165, 1.54) is 0 Å². The van der Waals surface area contributed by atoms with Gasteiger partial charge < -0.3 is 10.1 Å². The van der Waals surface area contributed by atoms with Crippen LogP contribution in [-0.2, 0) is 30.3 Å². The smallest absolute Gasteiger partial charge is 0.385 e. The van der Waals surface area contributed by atoms with Crippen LogP contribution in [0, 0.1) is 0 Å². The molecule has 0 bridgehead atoms. The normalized spacial score (nSPS) is 15.4. The zero-order valence-corrected chi connectivity index (χ0v) is 10.7. The lowest BCUT2D eigenvalue weighted by atomic mass is 10.0. The van der Waals surface area contributed by atoms with Crippen molar-refractivity contribution in [1.29, 1.82) is 0 Å². The van der Waals surface area contributed by atoms with Gasteiger partial charge in [0.2, 0.25) is 0 Å². The number of hydrogen-bond donors (Lipinski definition) is 1. The molecule has 1 aliphatic heterocycles. The summed E-state index contributed by atoms with van der Waals surface area (Å²) in [7, 11) is 1.55. The Morgan fingerprint density at radius 3 is 2.79 bits per heavy atom. The second-order valence-electron chi connectivity index (χ2n) is 4.43. The Morgan fingerprint density at radius 2 is 2.11 bits per heavy atom. The monoisotopic (exact) mass is 275 g/mol. The van der Waals surface area contributed by atoms with E-state index in [-0.39, 0.29) is 11.4 Å². The summed E-state index contributed by atoms with van der Waals surface area (Å²) in [6.45, 7) is 1.39. The standard InChI is InChI=1S/C12H16F3N3O/c1-19-6-2-3-10-17-9-7-16-5-4-8(9)11(18-10)12(13,14)15/h16H,2-7H2,1H3. The first-order valence-corrected chi connectivity index (χ1v) is 6.18. The Balaban J connectivity index is 2.31. The Morgan fingerprint density at radius 1 is 1.32 bits per heavy atom. The fourth-order valence-corrected chi connectivity index (χ4v) is 2.13. The van der Waals surface area contributed by atoms with Crippen LogP contribution in [0.1, 0.15) is 29.2 Å². The van der Waals surface area contributed by atoms with Gasteiger partial charge in [0.1, 0.15) is 5.82 Å². The summed E-state index contributed by atoms with van der Waals surface area (Å²) >= 11 is 0. The minimum absolute atomic E-state index is 0.238. The number of halogens is 3. The first kappa shape index (κ1) is 14.2. The van der Waals surface area contributed by atoms with E-state index >= 15 is 0 Å². The van der Waals surface area contributed by atoms with E-state index in [9.17, 15) is 13.2 Å². The van der Waals surface area contributed by atoms with Crippen molar-refractivity contribution in [3.63, 3.8) is 0 Å². The molecule has 1 aliphatic rings. The van der Waals surface area contributed by atoms with Crippen LogP contribution in [-0.4, -0.2) is 30.2 Å². The van der Waals surface area contributed by atoms with Crippen molar-refractivity contribution in [3.05, 3.63) is 22.8 Å². The Labute approximate surface area is 109 Å². The molecule has 0 radical (unpaired) electrons. The predicted octanol–water partition coefficient (Wildman–Crippen LogP) is 1.72. The van der Waals surface area contributed by atoms with Crippen LogP contribution >= 0.6 is 0 Å². The average Bonchev–Trinajstić information content (AvgIpc) is 2.37. The Hall–Kier alpha value is -1.21. The van der Waals surface area contributed by atoms with Crippen LogP contribution < -0.4 is 5.32 Å². The van der Waals surface area contributed by atoms with Crippen molar-refractivity contribution in [2.75, 3.05) is 20.3 Å². The van der Waals surface area contributed by atoms with Crippen molar-refractivity contribution in [1.82, 2.24) is 15.3 Å². The topological polar surface area (TPSA) is 47.0 Å². The van der Waals surface area contributed by atoms with Gasteiger partial charge in [-0.15, -0.1) is 0 Å². The first-order chi connectivity index (χ1) is 9.02. The number of nitrogens with zero attached hydrogens (tertiary/aromatic N) is 2. The molecule has 1 aromatic heterocycles. The number of aromatic nitrogens is 2. The molecule has 0 spiro atoms. The molecule has 0 aromatic carbocycles. The SMILES string of the molecule is COCCCc1nc2c(c(C(F)(F)F)n1)CCNC2. The maximum Gasteiger partial charge on any atom is 0.433 e. The molecule has 1 N–H and O–H groups in total. The summed E-state index contributed by atoms with van der Waals surface area (Å²) in [6.07, 6.45) is -3.09. The number of aryl methyl sites for hydroxylation is 1. The highest BCUT2D eigenvalue weighted by molar-refractivity contribution is 5.30. The number of rotatable bonds is 4. The largest absolute Gasteiger partial charge is 0.433 e. The van der Waals surface area contributed by atoms with E-state index in [0.29, 0.717) is 44.7 Å². The quantitative estimate of drug-likeness (QED) is 0.850. The summed E-state index contributed by atoms with van der Waals surface area (Å²) in [5.74, 6) is 0.242. The zero-order valence-electron chi connectivity index (χ0n) is 10.7. The lowest BCUT2D eigenvalue weighted by Crippen LogP contribution is -2.29. The van der Waals surface area contributed by atoms with E-state index < -0.39 is 11.9 Å². The molecule has 0 amide bonds. The molecule has 0 unspecified atom stereocenters. The van der Waals surface area contributed by atoms with Gasteiger partial charge in [-0.25, -0.2) is 9.97 Å². The van der Waals surface area contributed by atoms with Gasteiger partial charge in [-0.2, -0.15) is 13.2 Å². The number of methoxy groups -OCH3 is 1. The van der Waals surface area contributed by atoms with Gasteiger partial charge in [0.05, 0.1) is 5.69 Å². The van der Waals surface area contributed by atoms with Crippen LogP contribution in [0.3, 0.4) is 0 Å². The summed E-state index contributed by atoms with van der Waals surface area (Å²) < 4.78 is 43.9. The highest BCUT2D eigenvalue weighted by Gasteiger charge is 2.37. The van der Waals surface area contributed by atoms with E-state index in [1.54, 1.807) is 7.11 Å². The van der Waals surface area contributed by atoms with Crippen molar-refractivity contribution in [2.45, 2.75) is 32.0 Å². The number of hydrogen-bond acceptors (Lipinski definition) is 4. The third kappa shape index (κ3) is 3.42. The van der Waals surface area contributed by atoms with Crippen LogP contribution in [0.15, 0.2) is 0 Å². The van der Waals surface area contributed by atoms with Gasteiger partial charge in [-0.3, -0.25) is 0 Å². The van der Waals surface area contributed by atoms with Gasteiger partial charge in [-0.1, -0.05) is 0 Å². The second-order valence-corrected chi connectivity index (χ2v) is 4.43. The molecule has 1 aromatic rings. The number of nitrogens with one attached hydrogen (secondary N) is 1. The molecule has 106 valence electrons. The van der Waals surface area contributed by atoms with E-state index in [4.69, 9.17) is 4.74 Å². The van der Waals surface area contributed by atoms with Gasteiger partial charge in [0.15, 0.2) is 5.69 Å². The van der Waals surface area contributed by atoms with E-state index in [2.05, 4.69) is 15.3 Å². The van der Waals surface area contributed by atoms with Crippen molar-refractivity contribution >= 4 is 0 Å². The Kier molecular flexibility index (Phi) is 4.36. The van der Waals surface area contributed by atoms with Gasteiger partial charge in [0.25, 0.3) is 0 Å². The predicted molar refractivity (Wildman–Crippen MR) is 62.6 cm³/mol. The van der Waals surface area contributed by atoms with Crippen molar-refractivity contribution < 1.29 is 17.9 Å². The molecule has 0 saturated carbocycles. The summed E-state index contributed by atoms with van der Waals surface area (Å²) in [5, 5.41) is 3.03. The molecule has 4 nitrogen and oxygen atoms in total. The zero-order chi connectivity index (χ0) is 13.9. The average molecular weight is 275 g/mol. The van der Waals surface area contributed by atoms with Gasteiger partial charge in [0, 0.05) is 32.2 Å². The maximum atomic E-state index is 13.0. The molecule has 0 atom stereocenters. The molecular formula is C12H16F3N3O. The lowest BCUT2D eigenvalue weighted by Gasteiger charge is -2.21. The molecule has 2 heterocycles. The number of alkyl halides is 3. The van der Waals surface area contributed by atoms with Crippen molar-refractivity contribution in [3.8, 4) is 0 Å². The van der Waals surface area contributed by atoms with Crippen LogP contribution in [0.4, 0.5) is 13.2 Å². The molecule has 7 heteroatoms. The van der Waals surface area contributed by atoms with Crippen molar-refractivity contribution in [2.24, 2.45) is 0 Å². The van der Waals surface area contributed by atoms with Crippen LogP contribution in [0.25, 0.3) is 0 Å². The fourth-order valence-electron chi connectivity index (χ4n) is 2.13. The highest BCUT2D eigenvalue weighted by atomic mass is 19.4. The molecular weight excluding hydrogens is 259 g/mol. The summed E-state index contributed by atoms with van der Waals surface area (Å²) in [5.41, 5.74) is -0.0610.